The molecule has 0 saturated heterocycles. The van der Waals surface area contributed by atoms with E-state index in [1.807, 2.05) is 113 Å². The summed E-state index contributed by atoms with van der Waals surface area (Å²) in [6.07, 6.45) is 5.06. The molecule has 0 saturated carbocycles. The fraction of sp³-hybridized carbons (Fsp3) is 0.162. The summed E-state index contributed by atoms with van der Waals surface area (Å²) in [5, 5.41) is 8.33. The van der Waals surface area contributed by atoms with Crippen LogP contribution in [-0.2, 0) is 7.05 Å². The Hall–Kier alpha value is -6.21. The van der Waals surface area contributed by atoms with E-state index in [0.29, 0.717) is 33.4 Å². The maximum absolute atomic E-state index is 14.3. The van der Waals surface area contributed by atoms with Gasteiger partial charge in [-0.15, -0.1) is 0 Å². The molecule has 0 radical (unpaired) electrons. The minimum absolute atomic E-state index is 0.00555. The second kappa shape index (κ2) is 13.0. The molecule has 1 atom stereocenters. The standard InChI is InChI=1S/C37H33N7O3/c1-23(2)47-30-17-15-26(16-18-30)31-21-39-35(38)34(42-31)36(45)41-24(3)32-19-28-10-8-9-27(14-13-25-20-40-43(4)22-25)33(28)37(46)44(32)29-11-6-5-7-12-29/h5-12,15-24H,1-4H3,(H2,38,39)(H,41,45)/t24-/m1/s1. The van der Waals surface area contributed by atoms with E-state index in [4.69, 9.17) is 10.5 Å². The number of benzene rings is 3. The first kappa shape index (κ1) is 30.8. The number of pyridine rings is 1. The molecule has 6 aromatic rings. The van der Waals surface area contributed by atoms with Crippen molar-refractivity contribution in [2.24, 2.45) is 7.05 Å². The smallest absolute Gasteiger partial charge is 0.274 e. The highest BCUT2D eigenvalue weighted by Gasteiger charge is 2.22. The Morgan fingerprint density at radius 2 is 1.72 bits per heavy atom. The van der Waals surface area contributed by atoms with Crippen molar-refractivity contribution < 1.29 is 9.53 Å². The Morgan fingerprint density at radius 3 is 2.43 bits per heavy atom. The number of aromatic nitrogens is 5. The van der Waals surface area contributed by atoms with Crippen LogP contribution in [-0.4, -0.2) is 36.3 Å². The van der Waals surface area contributed by atoms with Crippen LogP contribution in [0.4, 0.5) is 5.82 Å². The quantitative estimate of drug-likeness (QED) is 0.227. The van der Waals surface area contributed by atoms with Gasteiger partial charge in [-0.25, -0.2) is 9.97 Å². The molecule has 234 valence electrons. The average Bonchev–Trinajstić information content (AvgIpc) is 3.49. The number of amides is 1. The number of para-hydroxylation sites is 1. The van der Waals surface area contributed by atoms with Gasteiger partial charge in [-0.05, 0) is 74.7 Å². The highest BCUT2D eigenvalue weighted by Crippen LogP contribution is 2.25. The summed E-state index contributed by atoms with van der Waals surface area (Å²) in [6.45, 7) is 5.73. The third-order valence-corrected chi connectivity index (χ3v) is 7.46. The summed E-state index contributed by atoms with van der Waals surface area (Å²) in [7, 11) is 1.82. The van der Waals surface area contributed by atoms with Crippen molar-refractivity contribution in [3.8, 4) is 34.5 Å². The highest BCUT2D eigenvalue weighted by molar-refractivity contribution is 5.97. The van der Waals surface area contributed by atoms with Crippen molar-refractivity contribution >= 4 is 22.5 Å². The minimum Gasteiger partial charge on any atom is -0.491 e. The van der Waals surface area contributed by atoms with E-state index in [2.05, 4.69) is 32.2 Å². The molecule has 3 aromatic carbocycles. The Bertz CT molecular complexity index is 2210. The van der Waals surface area contributed by atoms with Crippen molar-refractivity contribution in [3.63, 3.8) is 0 Å². The molecule has 0 bridgehead atoms. The molecule has 0 aliphatic carbocycles. The molecule has 3 aromatic heterocycles. The summed E-state index contributed by atoms with van der Waals surface area (Å²) in [5.41, 5.74) is 9.66. The lowest BCUT2D eigenvalue weighted by molar-refractivity contribution is 0.0934. The van der Waals surface area contributed by atoms with Crippen molar-refractivity contribution in [3.05, 3.63) is 130 Å². The van der Waals surface area contributed by atoms with E-state index in [1.165, 1.54) is 6.20 Å². The topological polar surface area (TPSA) is 130 Å². The molecule has 0 aliphatic heterocycles. The van der Waals surface area contributed by atoms with E-state index in [0.717, 1.165) is 16.9 Å². The number of fused-ring (bicyclic) bond motifs is 1. The largest absolute Gasteiger partial charge is 0.491 e. The molecule has 0 unspecified atom stereocenters. The average molecular weight is 624 g/mol. The highest BCUT2D eigenvalue weighted by atomic mass is 16.5. The SMILES string of the molecule is CC(C)Oc1ccc(-c2cnc(N)c(C(=O)N[C@H](C)c3cc4cccc(C#Cc5cnn(C)c5)c4c(=O)n3-c3ccccc3)n2)cc1. The molecule has 0 aliphatic rings. The van der Waals surface area contributed by atoms with Crippen LogP contribution in [0.1, 0.15) is 54.1 Å². The molecule has 3 N–H and O–H groups in total. The van der Waals surface area contributed by atoms with Gasteiger partial charge in [0.25, 0.3) is 11.5 Å². The number of carbonyl (C=O) groups is 1. The number of nitrogens with one attached hydrogen (secondary N) is 1. The molecule has 0 spiro atoms. The minimum atomic E-state index is -0.623. The molecular weight excluding hydrogens is 590 g/mol. The predicted octanol–water partition coefficient (Wildman–Crippen LogP) is 5.44. The normalized spacial score (nSPS) is 11.6. The number of nitrogens with zero attached hydrogens (tertiary/aromatic N) is 5. The number of hydrogen-bond acceptors (Lipinski definition) is 7. The first-order valence-electron chi connectivity index (χ1n) is 15.1. The van der Waals surface area contributed by atoms with E-state index in [9.17, 15) is 9.59 Å². The Labute approximate surface area is 271 Å². The van der Waals surface area contributed by atoms with Crippen molar-refractivity contribution in [1.29, 1.82) is 0 Å². The number of aryl methyl sites for hydroxylation is 1. The number of ether oxygens (including phenoxy) is 1. The second-order valence-corrected chi connectivity index (χ2v) is 11.3. The van der Waals surface area contributed by atoms with E-state index in [-0.39, 0.29) is 23.2 Å². The summed E-state index contributed by atoms with van der Waals surface area (Å²) in [4.78, 5) is 36.8. The molecule has 0 fully saturated rings. The zero-order chi connectivity index (χ0) is 33.1. The van der Waals surface area contributed by atoms with Crippen LogP contribution in [0.2, 0.25) is 0 Å². The fourth-order valence-electron chi connectivity index (χ4n) is 5.29. The van der Waals surface area contributed by atoms with Gasteiger partial charge in [0.2, 0.25) is 0 Å². The van der Waals surface area contributed by atoms with Crippen LogP contribution in [0.25, 0.3) is 27.7 Å². The van der Waals surface area contributed by atoms with Crippen LogP contribution in [0.3, 0.4) is 0 Å². The zero-order valence-electron chi connectivity index (χ0n) is 26.4. The first-order valence-corrected chi connectivity index (χ1v) is 15.1. The monoisotopic (exact) mass is 623 g/mol. The number of hydrogen-bond donors (Lipinski definition) is 2. The Kier molecular flexibility index (Phi) is 8.54. The summed E-state index contributed by atoms with van der Waals surface area (Å²) >= 11 is 0. The number of carbonyl (C=O) groups excluding carboxylic acids is 1. The van der Waals surface area contributed by atoms with Crippen LogP contribution in [0.5, 0.6) is 5.75 Å². The van der Waals surface area contributed by atoms with Gasteiger partial charge < -0.3 is 15.8 Å². The molecule has 10 heteroatoms. The first-order chi connectivity index (χ1) is 22.7. The lowest BCUT2D eigenvalue weighted by Gasteiger charge is -2.21. The van der Waals surface area contributed by atoms with Gasteiger partial charge >= 0.3 is 0 Å². The van der Waals surface area contributed by atoms with Crippen molar-refractivity contribution in [2.75, 3.05) is 5.73 Å². The van der Waals surface area contributed by atoms with Crippen molar-refractivity contribution in [2.45, 2.75) is 32.9 Å². The maximum Gasteiger partial charge on any atom is 0.274 e. The maximum atomic E-state index is 14.3. The third kappa shape index (κ3) is 6.60. The van der Waals surface area contributed by atoms with Crippen LogP contribution in [0, 0.1) is 11.8 Å². The van der Waals surface area contributed by atoms with E-state index < -0.39 is 11.9 Å². The lowest BCUT2D eigenvalue weighted by atomic mass is 10.0. The molecular formula is C37H33N7O3. The Balaban J connectivity index is 1.37. The summed E-state index contributed by atoms with van der Waals surface area (Å²) < 4.78 is 9.01. The number of rotatable bonds is 7. The van der Waals surface area contributed by atoms with Gasteiger partial charge in [0.15, 0.2) is 11.5 Å². The Morgan fingerprint density at radius 1 is 0.957 bits per heavy atom. The van der Waals surface area contributed by atoms with Crippen LogP contribution in [0.15, 0.2) is 102 Å². The van der Waals surface area contributed by atoms with Crippen molar-refractivity contribution in [1.82, 2.24) is 29.6 Å². The second-order valence-electron chi connectivity index (χ2n) is 11.3. The van der Waals surface area contributed by atoms with E-state index >= 15 is 0 Å². The lowest BCUT2D eigenvalue weighted by Crippen LogP contribution is -2.33. The summed E-state index contributed by atoms with van der Waals surface area (Å²) in [5.74, 6) is 6.46. The number of nitrogens with two attached hydrogens (primary N) is 1. The van der Waals surface area contributed by atoms with Gasteiger partial charge in [-0.3, -0.25) is 18.8 Å². The predicted molar refractivity (Wildman–Crippen MR) is 182 cm³/mol. The van der Waals surface area contributed by atoms with Gasteiger partial charge in [0.05, 0.1) is 41.2 Å². The molecule has 3 heterocycles. The van der Waals surface area contributed by atoms with Gasteiger partial charge in [-0.1, -0.05) is 42.2 Å². The fourth-order valence-corrected chi connectivity index (χ4v) is 5.29. The molecule has 1 amide bonds. The van der Waals surface area contributed by atoms with Crippen LogP contribution < -0.4 is 21.3 Å². The number of anilines is 1. The van der Waals surface area contributed by atoms with Crippen LogP contribution >= 0.6 is 0 Å². The zero-order valence-corrected chi connectivity index (χ0v) is 26.4. The number of nitrogen functional groups attached to an aromatic ring is 1. The van der Waals surface area contributed by atoms with Gasteiger partial charge in [-0.2, -0.15) is 5.10 Å². The summed E-state index contributed by atoms with van der Waals surface area (Å²) in [6, 6.07) is 23.5. The molecule has 6 rings (SSSR count). The van der Waals surface area contributed by atoms with Gasteiger partial charge in [0.1, 0.15) is 5.75 Å². The molecule has 47 heavy (non-hydrogen) atoms. The van der Waals surface area contributed by atoms with E-state index in [1.54, 1.807) is 15.4 Å². The molecule has 10 nitrogen and oxygen atoms in total. The van der Waals surface area contributed by atoms with Gasteiger partial charge in [0, 0.05) is 35.8 Å². The third-order valence-electron chi connectivity index (χ3n) is 7.46.